The van der Waals surface area contributed by atoms with Crippen LogP contribution in [0.2, 0.25) is 0 Å². The van der Waals surface area contributed by atoms with Crippen molar-refractivity contribution in [3.8, 4) is 6.01 Å². The van der Waals surface area contributed by atoms with Gasteiger partial charge in [-0.1, -0.05) is 0 Å². The summed E-state index contributed by atoms with van der Waals surface area (Å²) in [4.78, 5) is 12.6. The molecule has 1 aliphatic rings. The van der Waals surface area contributed by atoms with Crippen LogP contribution in [0.1, 0.15) is 26.2 Å². The zero-order chi connectivity index (χ0) is 13.5. The Bertz CT molecular complexity index is 396. The van der Waals surface area contributed by atoms with Gasteiger partial charge in [0.1, 0.15) is 0 Å². The normalized spacial score (nSPS) is 18.9. The van der Waals surface area contributed by atoms with E-state index in [1.807, 2.05) is 6.92 Å². The summed E-state index contributed by atoms with van der Waals surface area (Å²) in [5.74, 6) is 1.00. The molecule has 7 nitrogen and oxygen atoms in total. The molecule has 1 atom stereocenters. The lowest BCUT2D eigenvalue weighted by molar-refractivity contribution is 0.0246. The van der Waals surface area contributed by atoms with Crippen molar-refractivity contribution in [2.45, 2.75) is 32.3 Å². The SMILES string of the molecule is CCOc1nc(NC)nc(NCC2CCCCO2)n1. The molecule has 19 heavy (non-hydrogen) atoms. The van der Waals surface area contributed by atoms with Gasteiger partial charge in [-0.25, -0.2) is 0 Å². The van der Waals surface area contributed by atoms with E-state index < -0.39 is 0 Å². The zero-order valence-electron chi connectivity index (χ0n) is 11.5. The number of hydrogen-bond donors (Lipinski definition) is 2. The Morgan fingerprint density at radius 3 is 2.79 bits per heavy atom. The van der Waals surface area contributed by atoms with E-state index >= 15 is 0 Å². The number of aromatic nitrogens is 3. The Balaban J connectivity index is 1.95. The van der Waals surface area contributed by atoms with E-state index in [2.05, 4.69) is 25.6 Å². The summed E-state index contributed by atoms with van der Waals surface area (Å²) in [7, 11) is 1.76. The lowest BCUT2D eigenvalue weighted by Crippen LogP contribution is -2.27. The Morgan fingerprint density at radius 2 is 2.11 bits per heavy atom. The van der Waals surface area contributed by atoms with E-state index in [9.17, 15) is 0 Å². The van der Waals surface area contributed by atoms with Crippen LogP contribution in [0.25, 0.3) is 0 Å². The molecule has 2 rings (SSSR count). The van der Waals surface area contributed by atoms with Crippen molar-refractivity contribution in [3.05, 3.63) is 0 Å². The van der Waals surface area contributed by atoms with Gasteiger partial charge in [0, 0.05) is 20.2 Å². The molecule has 1 aromatic rings. The number of nitrogens with zero attached hydrogens (tertiary/aromatic N) is 3. The molecule has 0 saturated carbocycles. The summed E-state index contributed by atoms with van der Waals surface area (Å²) in [6.07, 6.45) is 3.69. The lowest BCUT2D eigenvalue weighted by Gasteiger charge is -2.22. The molecule has 0 aromatic carbocycles. The third kappa shape index (κ3) is 4.20. The fraction of sp³-hybridized carbons (Fsp3) is 0.750. The molecule has 1 unspecified atom stereocenters. The van der Waals surface area contributed by atoms with E-state index in [1.165, 1.54) is 6.42 Å². The van der Waals surface area contributed by atoms with Gasteiger partial charge >= 0.3 is 6.01 Å². The largest absolute Gasteiger partial charge is 0.464 e. The zero-order valence-corrected chi connectivity index (χ0v) is 11.5. The van der Waals surface area contributed by atoms with Crippen LogP contribution in [0.3, 0.4) is 0 Å². The summed E-state index contributed by atoms with van der Waals surface area (Å²) >= 11 is 0. The molecule has 1 aromatic heterocycles. The predicted octanol–water partition coefficient (Wildman–Crippen LogP) is 1.29. The van der Waals surface area contributed by atoms with Crippen molar-refractivity contribution in [1.29, 1.82) is 0 Å². The van der Waals surface area contributed by atoms with Crippen molar-refractivity contribution in [2.75, 3.05) is 37.4 Å². The van der Waals surface area contributed by atoms with Crippen LogP contribution in [-0.4, -0.2) is 47.9 Å². The molecule has 7 heteroatoms. The minimum Gasteiger partial charge on any atom is -0.464 e. The van der Waals surface area contributed by atoms with Gasteiger partial charge in [0.05, 0.1) is 12.7 Å². The minimum absolute atomic E-state index is 0.235. The fourth-order valence-electron chi connectivity index (χ4n) is 1.91. The van der Waals surface area contributed by atoms with Crippen LogP contribution >= 0.6 is 0 Å². The second kappa shape index (κ2) is 7.08. The quantitative estimate of drug-likeness (QED) is 0.803. The van der Waals surface area contributed by atoms with Crippen molar-refractivity contribution >= 4 is 11.9 Å². The predicted molar refractivity (Wildman–Crippen MR) is 72.6 cm³/mol. The highest BCUT2D eigenvalue weighted by molar-refractivity contribution is 5.35. The molecule has 2 heterocycles. The van der Waals surface area contributed by atoms with Crippen LogP contribution in [0.15, 0.2) is 0 Å². The van der Waals surface area contributed by atoms with Crippen LogP contribution in [0.5, 0.6) is 6.01 Å². The molecule has 1 fully saturated rings. The summed E-state index contributed by atoms with van der Waals surface area (Å²) < 4.78 is 11.0. The molecule has 1 saturated heterocycles. The van der Waals surface area contributed by atoms with E-state index in [-0.39, 0.29) is 6.10 Å². The van der Waals surface area contributed by atoms with Crippen molar-refractivity contribution in [1.82, 2.24) is 15.0 Å². The number of ether oxygens (including phenoxy) is 2. The first-order valence-corrected chi connectivity index (χ1v) is 6.74. The third-order valence-electron chi connectivity index (χ3n) is 2.87. The van der Waals surface area contributed by atoms with Crippen LogP contribution in [0.4, 0.5) is 11.9 Å². The highest BCUT2D eigenvalue weighted by Crippen LogP contribution is 2.14. The van der Waals surface area contributed by atoms with Crippen molar-refractivity contribution in [2.24, 2.45) is 0 Å². The van der Waals surface area contributed by atoms with Crippen molar-refractivity contribution in [3.63, 3.8) is 0 Å². The average Bonchev–Trinajstić information content (AvgIpc) is 2.46. The van der Waals surface area contributed by atoms with Crippen molar-refractivity contribution < 1.29 is 9.47 Å². The second-order valence-corrected chi connectivity index (χ2v) is 4.32. The highest BCUT2D eigenvalue weighted by atomic mass is 16.5. The fourth-order valence-corrected chi connectivity index (χ4v) is 1.91. The standard InChI is InChI=1S/C12H21N5O2/c1-3-18-12-16-10(13-2)15-11(17-12)14-8-9-6-4-5-7-19-9/h9H,3-8H2,1-2H3,(H2,13,14,15,16,17). The summed E-state index contributed by atoms with van der Waals surface area (Å²) in [5, 5.41) is 6.07. The van der Waals surface area contributed by atoms with Gasteiger partial charge in [0.2, 0.25) is 11.9 Å². The van der Waals surface area contributed by atoms with Gasteiger partial charge in [-0.3, -0.25) is 0 Å². The second-order valence-electron chi connectivity index (χ2n) is 4.32. The Morgan fingerprint density at radius 1 is 1.26 bits per heavy atom. The van der Waals surface area contributed by atoms with Gasteiger partial charge in [-0.2, -0.15) is 15.0 Å². The monoisotopic (exact) mass is 267 g/mol. The van der Waals surface area contributed by atoms with Gasteiger partial charge in [0.15, 0.2) is 0 Å². The van der Waals surface area contributed by atoms with E-state index in [1.54, 1.807) is 7.05 Å². The van der Waals surface area contributed by atoms with Crippen LogP contribution in [0, 0.1) is 0 Å². The first-order valence-electron chi connectivity index (χ1n) is 6.74. The third-order valence-corrected chi connectivity index (χ3v) is 2.87. The molecule has 106 valence electrons. The Hall–Kier alpha value is -1.63. The summed E-state index contributed by atoms with van der Waals surface area (Å²) in [5.41, 5.74) is 0. The maximum atomic E-state index is 5.65. The van der Waals surface area contributed by atoms with E-state index in [0.717, 1.165) is 19.4 Å². The molecule has 0 radical (unpaired) electrons. The number of nitrogens with one attached hydrogen (secondary N) is 2. The Labute approximate surface area is 113 Å². The van der Waals surface area contributed by atoms with Gasteiger partial charge in [-0.15, -0.1) is 0 Å². The maximum Gasteiger partial charge on any atom is 0.323 e. The van der Waals surface area contributed by atoms with Gasteiger partial charge < -0.3 is 20.1 Å². The van der Waals surface area contributed by atoms with E-state index in [4.69, 9.17) is 9.47 Å². The molecule has 0 aliphatic carbocycles. The Kier molecular flexibility index (Phi) is 5.14. The first-order chi connectivity index (χ1) is 9.31. The summed E-state index contributed by atoms with van der Waals surface area (Å²) in [6, 6.07) is 0.328. The van der Waals surface area contributed by atoms with Gasteiger partial charge in [-0.05, 0) is 26.2 Å². The summed E-state index contributed by atoms with van der Waals surface area (Å²) in [6.45, 7) is 3.97. The molecule has 2 N–H and O–H groups in total. The number of anilines is 2. The molecule has 0 bridgehead atoms. The maximum absolute atomic E-state index is 5.65. The topological polar surface area (TPSA) is 81.2 Å². The smallest absolute Gasteiger partial charge is 0.323 e. The molecular weight excluding hydrogens is 246 g/mol. The number of hydrogen-bond acceptors (Lipinski definition) is 7. The van der Waals surface area contributed by atoms with Gasteiger partial charge in [0.25, 0.3) is 0 Å². The molecular formula is C12H21N5O2. The van der Waals surface area contributed by atoms with Crippen LogP contribution in [-0.2, 0) is 4.74 Å². The number of rotatable bonds is 6. The average molecular weight is 267 g/mol. The minimum atomic E-state index is 0.235. The molecule has 1 aliphatic heterocycles. The lowest BCUT2D eigenvalue weighted by atomic mass is 10.1. The molecule has 0 spiro atoms. The molecule has 0 amide bonds. The highest BCUT2D eigenvalue weighted by Gasteiger charge is 2.14. The first kappa shape index (κ1) is 13.8. The van der Waals surface area contributed by atoms with Crippen LogP contribution < -0.4 is 15.4 Å². The van der Waals surface area contributed by atoms with E-state index in [0.29, 0.717) is 31.1 Å².